The van der Waals surface area contributed by atoms with Gasteiger partial charge in [0.05, 0.1) is 7.11 Å². The molecule has 86 valence electrons. The zero-order valence-corrected chi connectivity index (χ0v) is 9.92. The molecule has 0 bridgehead atoms. The predicted molar refractivity (Wildman–Crippen MR) is 68.0 cm³/mol. The van der Waals surface area contributed by atoms with Gasteiger partial charge in [-0.25, -0.2) is 0 Å². The van der Waals surface area contributed by atoms with Crippen LogP contribution in [0.5, 0.6) is 5.75 Å². The fraction of sp³-hybridized carbons (Fsp3) is 0.333. The molecule has 1 fully saturated rings. The van der Waals surface area contributed by atoms with Gasteiger partial charge in [0.15, 0.2) is 0 Å². The average Bonchev–Trinajstić information content (AvgIpc) is 3.19. The minimum absolute atomic E-state index is 0.725. The van der Waals surface area contributed by atoms with E-state index in [1.807, 2.05) is 12.1 Å². The lowest BCUT2D eigenvalue weighted by molar-refractivity contribution is 0.419. The van der Waals surface area contributed by atoms with Crippen molar-refractivity contribution in [3.63, 3.8) is 0 Å². The van der Waals surface area contributed by atoms with E-state index in [4.69, 9.17) is 4.74 Å². The number of hydrogen-bond donors (Lipinski definition) is 1. The van der Waals surface area contributed by atoms with E-state index in [9.17, 15) is 0 Å². The number of rotatable bonds is 4. The molecule has 0 heterocycles. The van der Waals surface area contributed by atoms with Gasteiger partial charge in [-0.05, 0) is 42.7 Å². The van der Waals surface area contributed by atoms with Crippen molar-refractivity contribution < 1.29 is 4.74 Å². The van der Waals surface area contributed by atoms with E-state index in [0.29, 0.717) is 0 Å². The third kappa shape index (κ3) is 2.20. The third-order valence-electron chi connectivity index (χ3n) is 3.13. The number of hydrogen-bond acceptors (Lipinski definition) is 2. The molecule has 1 aliphatic carbocycles. The average molecular weight is 225 g/mol. The lowest BCUT2D eigenvalue weighted by atomic mass is 10.1. The Kier molecular flexibility index (Phi) is 2.62. The highest BCUT2D eigenvalue weighted by atomic mass is 16.5. The number of fused-ring (bicyclic) bond motifs is 1. The first-order valence-electron chi connectivity index (χ1n) is 5.99. The first-order valence-corrected chi connectivity index (χ1v) is 5.99. The van der Waals surface area contributed by atoms with Crippen LogP contribution in [-0.4, -0.2) is 13.2 Å². The summed E-state index contributed by atoms with van der Waals surface area (Å²) in [6.07, 6.45) is 2.62. The molecule has 17 heavy (non-hydrogen) atoms. The second-order valence-electron chi connectivity index (χ2n) is 4.52. The lowest BCUT2D eigenvalue weighted by Crippen LogP contribution is -2.15. The van der Waals surface area contributed by atoms with Crippen molar-refractivity contribution in [3.05, 3.63) is 42.0 Å². The summed E-state index contributed by atoms with van der Waals surface area (Å²) in [5.41, 5.74) is 1.25. The molecular weight excluding hydrogens is 210 g/mol. The maximum absolute atomic E-state index is 5.43. The molecule has 3 rings (SSSR count). The standard InChI is InChI=1S/C15H15NO/c1-17-15-9-11(10-16-13-6-7-13)8-12-4-2-3-5-14(12)15/h3,5,8-9,13,16H,6-7,10H2,1H3. The second-order valence-corrected chi connectivity index (χ2v) is 4.52. The molecule has 0 amide bonds. The van der Waals surface area contributed by atoms with Crippen LogP contribution >= 0.6 is 0 Å². The monoisotopic (exact) mass is 225 g/mol. The maximum Gasteiger partial charge on any atom is 0.127 e. The van der Waals surface area contributed by atoms with Gasteiger partial charge in [0.25, 0.3) is 0 Å². The van der Waals surface area contributed by atoms with Gasteiger partial charge in [-0.3, -0.25) is 0 Å². The van der Waals surface area contributed by atoms with Crippen LogP contribution in [-0.2, 0) is 6.54 Å². The van der Waals surface area contributed by atoms with Crippen LogP contribution in [0, 0.1) is 12.1 Å². The molecule has 0 aliphatic heterocycles. The highest BCUT2D eigenvalue weighted by molar-refractivity contribution is 5.87. The molecule has 0 unspecified atom stereocenters. The highest BCUT2D eigenvalue weighted by Gasteiger charge is 2.20. The highest BCUT2D eigenvalue weighted by Crippen LogP contribution is 2.26. The summed E-state index contributed by atoms with van der Waals surface area (Å²) in [5.74, 6) is 0.917. The summed E-state index contributed by atoms with van der Waals surface area (Å²) in [5, 5.41) is 5.68. The Hall–Kier alpha value is -1.72. The van der Waals surface area contributed by atoms with E-state index in [0.717, 1.165) is 29.1 Å². The summed E-state index contributed by atoms with van der Waals surface area (Å²) < 4.78 is 5.43. The third-order valence-corrected chi connectivity index (χ3v) is 3.13. The second kappa shape index (κ2) is 4.27. The van der Waals surface area contributed by atoms with Crippen LogP contribution in [0.2, 0.25) is 0 Å². The maximum atomic E-state index is 5.43. The molecule has 2 aromatic rings. The van der Waals surface area contributed by atoms with Crippen molar-refractivity contribution >= 4 is 10.8 Å². The number of nitrogens with one attached hydrogen (secondary N) is 1. The van der Waals surface area contributed by atoms with Crippen LogP contribution < -0.4 is 10.1 Å². The molecule has 1 N–H and O–H groups in total. The zero-order valence-electron chi connectivity index (χ0n) is 9.92. The molecule has 0 spiro atoms. The van der Waals surface area contributed by atoms with E-state index < -0.39 is 0 Å². The van der Waals surface area contributed by atoms with Crippen LogP contribution in [0.1, 0.15) is 18.4 Å². The lowest BCUT2D eigenvalue weighted by Gasteiger charge is -2.08. The summed E-state index contributed by atoms with van der Waals surface area (Å²) in [7, 11) is 1.71. The predicted octanol–water partition coefficient (Wildman–Crippen LogP) is 2.70. The molecule has 1 aliphatic rings. The normalized spacial score (nSPS) is 14.6. The molecule has 0 aromatic heterocycles. The van der Waals surface area contributed by atoms with Crippen molar-refractivity contribution in [1.29, 1.82) is 0 Å². The van der Waals surface area contributed by atoms with E-state index in [-0.39, 0.29) is 0 Å². The first-order chi connectivity index (χ1) is 8.36. The minimum atomic E-state index is 0.725. The molecule has 2 nitrogen and oxygen atoms in total. The molecule has 0 saturated heterocycles. The van der Waals surface area contributed by atoms with Gasteiger partial charge < -0.3 is 10.1 Å². The molecule has 1 saturated carbocycles. The van der Waals surface area contributed by atoms with Crippen molar-refractivity contribution in [2.75, 3.05) is 7.11 Å². The molecular formula is C15H15NO. The first kappa shape index (κ1) is 10.4. The number of ether oxygens (including phenoxy) is 1. The van der Waals surface area contributed by atoms with E-state index in [2.05, 4.69) is 29.6 Å². The Bertz CT molecular complexity index is 531. The van der Waals surface area contributed by atoms with Gasteiger partial charge in [-0.15, -0.1) is 0 Å². The Labute approximate surface area is 102 Å². The summed E-state index contributed by atoms with van der Waals surface area (Å²) in [6.45, 7) is 0.902. The minimum Gasteiger partial charge on any atom is -0.496 e. The van der Waals surface area contributed by atoms with Gasteiger partial charge in [0.2, 0.25) is 0 Å². The Morgan fingerprint density at radius 2 is 2.29 bits per heavy atom. The van der Waals surface area contributed by atoms with Crippen molar-refractivity contribution in [2.45, 2.75) is 25.4 Å². The van der Waals surface area contributed by atoms with Crippen LogP contribution in [0.15, 0.2) is 24.3 Å². The molecule has 0 atom stereocenters. The van der Waals surface area contributed by atoms with Gasteiger partial charge in [-0.1, -0.05) is 12.1 Å². The Balaban J connectivity index is 1.95. The summed E-state index contributed by atoms with van der Waals surface area (Å²) in [4.78, 5) is 0. The largest absolute Gasteiger partial charge is 0.496 e. The van der Waals surface area contributed by atoms with E-state index >= 15 is 0 Å². The quantitative estimate of drug-likeness (QED) is 0.863. The fourth-order valence-electron chi connectivity index (χ4n) is 2.02. The number of benzene rings is 1. The van der Waals surface area contributed by atoms with Crippen LogP contribution in [0.4, 0.5) is 0 Å². The van der Waals surface area contributed by atoms with Crippen molar-refractivity contribution in [2.24, 2.45) is 0 Å². The smallest absolute Gasteiger partial charge is 0.127 e. The van der Waals surface area contributed by atoms with Crippen molar-refractivity contribution in [3.8, 4) is 5.75 Å². The van der Waals surface area contributed by atoms with E-state index in [1.165, 1.54) is 18.4 Å². The SMILES string of the molecule is COc1cc(CNC2CC2)cc2c#cccc12. The van der Waals surface area contributed by atoms with Gasteiger partial charge in [-0.2, -0.15) is 0 Å². The topological polar surface area (TPSA) is 21.3 Å². The summed E-state index contributed by atoms with van der Waals surface area (Å²) >= 11 is 0. The zero-order chi connectivity index (χ0) is 11.7. The molecule has 0 radical (unpaired) electrons. The van der Waals surface area contributed by atoms with Gasteiger partial charge in [0.1, 0.15) is 5.75 Å². The van der Waals surface area contributed by atoms with Gasteiger partial charge >= 0.3 is 0 Å². The van der Waals surface area contributed by atoms with Crippen LogP contribution in [0.3, 0.4) is 0 Å². The number of methoxy groups -OCH3 is 1. The fourth-order valence-corrected chi connectivity index (χ4v) is 2.02. The Morgan fingerprint density at radius 1 is 1.41 bits per heavy atom. The Morgan fingerprint density at radius 3 is 3.06 bits per heavy atom. The van der Waals surface area contributed by atoms with Crippen LogP contribution in [0.25, 0.3) is 10.8 Å². The van der Waals surface area contributed by atoms with Gasteiger partial charge in [0, 0.05) is 23.4 Å². The molecule has 2 aromatic carbocycles. The summed E-state index contributed by atoms with van der Waals surface area (Å²) in [6, 6.07) is 15.0. The van der Waals surface area contributed by atoms with Crippen molar-refractivity contribution in [1.82, 2.24) is 5.32 Å². The molecule has 2 heteroatoms. The van der Waals surface area contributed by atoms with E-state index in [1.54, 1.807) is 7.11 Å².